The lowest BCUT2D eigenvalue weighted by atomic mass is 10.0. The standard InChI is InChI=1S/C19H21N3S.C4H4O4/c1-2-6-15(7-3-1)14-22(16-10-12-20-13-11-16)19-21-17-8-4-5-9-18(17)23-19;5-3(6)1-2-4(7)8/h1-9,16,20H,10-14H2;1-2H,(H,5,6)(H,7,8)/b;2-1-. The molecule has 0 amide bonds. The molecule has 1 aliphatic heterocycles. The van der Waals surface area contributed by atoms with E-state index in [0.717, 1.165) is 30.3 Å². The second-order valence-electron chi connectivity index (χ2n) is 7.07. The molecule has 1 aromatic heterocycles. The normalized spacial score (nSPS) is 14.2. The van der Waals surface area contributed by atoms with Gasteiger partial charge in [-0.2, -0.15) is 0 Å². The van der Waals surface area contributed by atoms with Crippen molar-refractivity contribution in [2.24, 2.45) is 0 Å². The zero-order valence-corrected chi connectivity index (χ0v) is 17.8. The second kappa shape index (κ2) is 11.2. The van der Waals surface area contributed by atoms with Crippen LogP contribution < -0.4 is 10.2 Å². The molecular formula is C23H25N3O4S. The number of piperidine rings is 1. The molecule has 0 saturated carbocycles. The number of benzene rings is 2. The second-order valence-corrected chi connectivity index (χ2v) is 8.08. The summed E-state index contributed by atoms with van der Waals surface area (Å²) in [6.07, 6.45) is 3.48. The number of aromatic nitrogens is 1. The van der Waals surface area contributed by atoms with Gasteiger partial charge in [-0.15, -0.1) is 0 Å². The topological polar surface area (TPSA) is 103 Å². The number of thiazole rings is 1. The molecule has 31 heavy (non-hydrogen) atoms. The number of hydrogen-bond acceptors (Lipinski definition) is 6. The zero-order chi connectivity index (χ0) is 22.1. The van der Waals surface area contributed by atoms with Gasteiger partial charge in [-0.05, 0) is 43.6 Å². The van der Waals surface area contributed by atoms with E-state index in [2.05, 4.69) is 64.8 Å². The average molecular weight is 440 g/mol. The van der Waals surface area contributed by atoms with Crippen LogP contribution in [0, 0.1) is 0 Å². The third-order valence-electron chi connectivity index (χ3n) is 4.84. The molecule has 0 atom stereocenters. The molecule has 7 nitrogen and oxygen atoms in total. The molecule has 0 spiro atoms. The fourth-order valence-electron chi connectivity index (χ4n) is 3.38. The number of rotatable bonds is 6. The minimum atomic E-state index is -1.26. The summed E-state index contributed by atoms with van der Waals surface area (Å²) >= 11 is 1.81. The quantitative estimate of drug-likeness (QED) is 0.503. The van der Waals surface area contributed by atoms with Crippen LogP contribution in [0.15, 0.2) is 66.7 Å². The summed E-state index contributed by atoms with van der Waals surface area (Å²) < 4.78 is 1.27. The Hall–Kier alpha value is -3.23. The van der Waals surface area contributed by atoms with Crippen LogP contribution >= 0.6 is 11.3 Å². The van der Waals surface area contributed by atoms with Gasteiger partial charge >= 0.3 is 11.9 Å². The lowest BCUT2D eigenvalue weighted by molar-refractivity contribution is -0.134. The van der Waals surface area contributed by atoms with Crippen LogP contribution in [0.25, 0.3) is 10.2 Å². The largest absolute Gasteiger partial charge is 0.478 e. The Morgan fingerprint density at radius 2 is 1.61 bits per heavy atom. The Kier molecular flexibility index (Phi) is 8.14. The van der Waals surface area contributed by atoms with Crippen LogP contribution in [0.2, 0.25) is 0 Å². The van der Waals surface area contributed by atoms with Crippen LogP contribution in [-0.2, 0) is 16.1 Å². The van der Waals surface area contributed by atoms with Gasteiger partial charge in [-0.1, -0.05) is 53.8 Å². The molecule has 1 aliphatic rings. The number of nitrogens with zero attached hydrogens (tertiary/aromatic N) is 2. The van der Waals surface area contributed by atoms with E-state index >= 15 is 0 Å². The van der Waals surface area contributed by atoms with Crippen molar-refractivity contribution in [1.29, 1.82) is 0 Å². The molecule has 8 heteroatoms. The highest BCUT2D eigenvalue weighted by atomic mass is 32.1. The minimum Gasteiger partial charge on any atom is -0.478 e. The van der Waals surface area contributed by atoms with Gasteiger partial charge in [0, 0.05) is 24.7 Å². The fraction of sp³-hybridized carbons (Fsp3) is 0.261. The molecular weight excluding hydrogens is 414 g/mol. The van der Waals surface area contributed by atoms with E-state index in [0.29, 0.717) is 18.2 Å². The summed E-state index contributed by atoms with van der Waals surface area (Å²) in [5.74, 6) is -2.51. The summed E-state index contributed by atoms with van der Waals surface area (Å²) in [5, 5.41) is 20.2. The maximum Gasteiger partial charge on any atom is 0.328 e. The number of fused-ring (bicyclic) bond motifs is 1. The summed E-state index contributed by atoms with van der Waals surface area (Å²) in [7, 11) is 0. The molecule has 3 aromatic rings. The number of carboxylic acid groups (broad SMARTS) is 2. The first-order valence-electron chi connectivity index (χ1n) is 10.0. The Labute approximate surface area is 184 Å². The zero-order valence-electron chi connectivity index (χ0n) is 17.0. The lowest BCUT2D eigenvalue weighted by Crippen LogP contribution is -2.42. The number of para-hydroxylation sites is 1. The molecule has 1 fully saturated rings. The molecule has 3 N–H and O–H groups in total. The number of hydrogen-bond donors (Lipinski definition) is 3. The summed E-state index contributed by atoms with van der Waals surface area (Å²) in [6, 6.07) is 19.7. The third kappa shape index (κ3) is 6.91. The van der Waals surface area contributed by atoms with E-state index in [1.165, 1.54) is 23.1 Å². The van der Waals surface area contributed by atoms with Crippen molar-refractivity contribution in [2.75, 3.05) is 18.0 Å². The fourth-order valence-corrected chi connectivity index (χ4v) is 4.41. The summed E-state index contributed by atoms with van der Waals surface area (Å²) in [6.45, 7) is 3.13. The first-order chi connectivity index (χ1) is 15.0. The number of anilines is 1. The number of carboxylic acids is 2. The van der Waals surface area contributed by atoms with Crippen molar-refractivity contribution >= 4 is 38.6 Å². The molecule has 2 heterocycles. The van der Waals surface area contributed by atoms with Gasteiger partial charge in [-0.25, -0.2) is 14.6 Å². The predicted molar refractivity (Wildman–Crippen MR) is 123 cm³/mol. The summed E-state index contributed by atoms with van der Waals surface area (Å²) in [5.41, 5.74) is 2.46. The van der Waals surface area contributed by atoms with Crippen molar-refractivity contribution in [3.05, 3.63) is 72.3 Å². The SMILES string of the molecule is O=C(O)/C=C\C(=O)O.c1ccc(CN(c2nc3ccccc3s2)C2CCNCC2)cc1. The molecule has 0 radical (unpaired) electrons. The highest BCUT2D eigenvalue weighted by Crippen LogP contribution is 2.32. The van der Waals surface area contributed by atoms with Gasteiger partial charge in [0.25, 0.3) is 0 Å². The Bertz CT molecular complexity index is 980. The van der Waals surface area contributed by atoms with E-state index in [4.69, 9.17) is 15.2 Å². The first-order valence-corrected chi connectivity index (χ1v) is 10.9. The molecule has 0 bridgehead atoms. The first kappa shape index (κ1) is 22.5. The van der Waals surface area contributed by atoms with E-state index in [1.807, 2.05) is 11.3 Å². The Balaban J connectivity index is 0.000000293. The van der Waals surface area contributed by atoms with E-state index in [9.17, 15) is 9.59 Å². The van der Waals surface area contributed by atoms with Crippen LogP contribution in [0.5, 0.6) is 0 Å². The van der Waals surface area contributed by atoms with Crippen molar-refractivity contribution in [3.8, 4) is 0 Å². The molecule has 1 saturated heterocycles. The van der Waals surface area contributed by atoms with Gasteiger partial charge in [0.2, 0.25) is 0 Å². The van der Waals surface area contributed by atoms with Crippen molar-refractivity contribution in [3.63, 3.8) is 0 Å². The van der Waals surface area contributed by atoms with Crippen LogP contribution in [0.1, 0.15) is 18.4 Å². The monoisotopic (exact) mass is 439 g/mol. The smallest absolute Gasteiger partial charge is 0.328 e. The number of aliphatic carboxylic acids is 2. The Morgan fingerprint density at radius 1 is 1.00 bits per heavy atom. The van der Waals surface area contributed by atoms with Gasteiger partial charge in [0.05, 0.1) is 10.2 Å². The van der Waals surface area contributed by atoms with Gasteiger partial charge in [-0.3, -0.25) is 0 Å². The molecule has 4 rings (SSSR count). The number of nitrogens with one attached hydrogen (secondary N) is 1. The minimum absolute atomic E-state index is 0.558. The molecule has 162 valence electrons. The van der Waals surface area contributed by atoms with Gasteiger partial charge in [0.15, 0.2) is 5.13 Å². The molecule has 2 aromatic carbocycles. The van der Waals surface area contributed by atoms with E-state index < -0.39 is 11.9 Å². The van der Waals surface area contributed by atoms with Crippen molar-refractivity contribution in [1.82, 2.24) is 10.3 Å². The van der Waals surface area contributed by atoms with Crippen LogP contribution in [-0.4, -0.2) is 46.3 Å². The molecule has 0 unspecified atom stereocenters. The van der Waals surface area contributed by atoms with E-state index in [1.54, 1.807) is 0 Å². The lowest BCUT2D eigenvalue weighted by Gasteiger charge is -2.34. The maximum atomic E-state index is 9.55. The molecule has 0 aliphatic carbocycles. The van der Waals surface area contributed by atoms with Crippen LogP contribution in [0.4, 0.5) is 5.13 Å². The predicted octanol–water partition coefficient (Wildman–Crippen LogP) is 3.77. The van der Waals surface area contributed by atoms with Crippen molar-refractivity contribution < 1.29 is 19.8 Å². The maximum absolute atomic E-state index is 9.55. The van der Waals surface area contributed by atoms with Crippen LogP contribution in [0.3, 0.4) is 0 Å². The van der Waals surface area contributed by atoms with Crippen molar-refractivity contribution in [2.45, 2.75) is 25.4 Å². The van der Waals surface area contributed by atoms with E-state index in [-0.39, 0.29) is 0 Å². The summed E-state index contributed by atoms with van der Waals surface area (Å²) in [4.78, 5) is 26.5. The Morgan fingerprint density at radius 3 is 2.23 bits per heavy atom. The number of carbonyl (C=O) groups is 2. The third-order valence-corrected chi connectivity index (χ3v) is 5.92. The average Bonchev–Trinajstić information content (AvgIpc) is 3.22. The highest BCUT2D eigenvalue weighted by molar-refractivity contribution is 7.22. The van der Waals surface area contributed by atoms with Gasteiger partial charge in [0.1, 0.15) is 0 Å². The van der Waals surface area contributed by atoms with Gasteiger partial charge < -0.3 is 20.4 Å². The highest BCUT2D eigenvalue weighted by Gasteiger charge is 2.24.